The van der Waals surface area contributed by atoms with Crippen LogP contribution in [0.25, 0.3) is 0 Å². The fourth-order valence-electron chi connectivity index (χ4n) is 3.28. The number of hydrogen-bond donors (Lipinski definition) is 2. The van der Waals surface area contributed by atoms with Gasteiger partial charge in [-0.1, -0.05) is 48.5 Å². The van der Waals surface area contributed by atoms with Gasteiger partial charge in [0.15, 0.2) is 0 Å². The summed E-state index contributed by atoms with van der Waals surface area (Å²) in [6, 6.07) is 22.1. The van der Waals surface area contributed by atoms with E-state index >= 15 is 0 Å². The number of carbonyl (C=O) groups excluding carboxylic acids is 4. The summed E-state index contributed by atoms with van der Waals surface area (Å²) < 4.78 is 5.06. The lowest BCUT2D eigenvalue weighted by atomic mass is 10.1. The number of imide groups is 1. The number of amides is 4. The van der Waals surface area contributed by atoms with Crippen LogP contribution in [-0.2, 0) is 16.1 Å². The number of nitrogens with one attached hydrogen (secondary N) is 2. The smallest absolute Gasteiger partial charge is 0.407 e. The van der Waals surface area contributed by atoms with Crippen molar-refractivity contribution in [3.05, 3.63) is 95.6 Å². The summed E-state index contributed by atoms with van der Waals surface area (Å²) in [4.78, 5) is 50.3. The summed E-state index contributed by atoms with van der Waals surface area (Å²) in [5.41, 5.74) is 2.22. The number of benzene rings is 3. The van der Waals surface area contributed by atoms with Crippen LogP contribution in [0.1, 0.15) is 26.3 Å². The third kappa shape index (κ3) is 4.49. The molecule has 0 spiro atoms. The van der Waals surface area contributed by atoms with Gasteiger partial charge in [0, 0.05) is 5.69 Å². The van der Waals surface area contributed by atoms with Crippen LogP contribution in [0.15, 0.2) is 78.9 Å². The Balaban J connectivity index is 1.33. The molecule has 0 bridgehead atoms. The van der Waals surface area contributed by atoms with Crippen LogP contribution in [0, 0.1) is 0 Å². The number of hydrogen-bond acceptors (Lipinski definition) is 5. The zero-order valence-electron chi connectivity index (χ0n) is 16.9. The topological polar surface area (TPSA) is 105 Å². The fraction of sp³-hybridized carbons (Fsp3) is 0.0833. The second-order valence-corrected chi connectivity index (χ2v) is 7.01. The zero-order valence-corrected chi connectivity index (χ0v) is 16.9. The van der Waals surface area contributed by atoms with Gasteiger partial charge in [0.05, 0.1) is 16.8 Å². The number of ether oxygens (including phenoxy) is 1. The number of nitrogens with zero attached hydrogens (tertiary/aromatic N) is 1. The molecule has 8 nitrogen and oxygen atoms in total. The quantitative estimate of drug-likeness (QED) is 0.585. The zero-order chi connectivity index (χ0) is 22.5. The van der Waals surface area contributed by atoms with E-state index in [-0.39, 0.29) is 13.2 Å². The van der Waals surface area contributed by atoms with Crippen molar-refractivity contribution < 1.29 is 23.9 Å². The Morgan fingerprint density at radius 1 is 0.812 bits per heavy atom. The standard InChI is InChI=1S/C24H19N3O5/c28-21(14-25-24(31)32-15-16-7-2-1-3-8-16)26-17-9-6-10-18(13-17)27-22(29)19-11-4-5-12-20(19)23(27)30/h1-13H,14-15H2,(H,25,31)(H,26,28). The lowest BCUT2D eigenvalue weighted by Gasteiger charge is -2.15. The van der Waals surface area contributed by atoms with Crippen LogP contribution < -0.4 is 15.5 Å². The van der Waals surface area contributed by atoms with Crippen molar-refractivity contribution in [2.75, 3.05) is 16.8 Å². The molecule has 0 unspecified atom stereocenters. The molecule has 0 saturated heterocycles. The van der Waals surface area contributed by atoms with E-state index < -0.39 is 23.8 Å². The molecular weight excluding hydrogens is 410 g/mol. The molecule has 1 heterocycles. The lowest BCUT2D eigenvalue weighted by Crippen LogP contribution is -2.33. The van der Waals surface area contributed by atoms with Crippen LogP contribution >= 0.6 is 0 Å². The van der Waals surface area contributed by atoms with Gasteiger partial charge >= 0.3 is 6.09 Å². The number of rotatable bonds is 6. The minimum atomic E-state index is -0.719. The van der Waals surface area contributed by atoms with Gasteiger partial charge in [0.25, 0.3) is 11.8 Å². The highest BCUT2D eigenvalue weighted by Crippen LogP contribution is 2.29. The molecule has 0 saturated carbocycles. The average molecular weight is 429 g/mol. The molecule has 32 heavy (non-hydrogen) atoms. The van der Waals surface area contributed by atoms with E-state index in [1.807, 2.05) is 30.3 Å². The van der Waals surface area contributed by atoms with Crippen molar-refractivity contribution in [1.29, 1.82) is 0 Å². The van der Waals surface area contributed by atoms with Gasteiger partial charge in [0.2, 0.25) is 5.91 Å². The molecule has 0 atom stereocenters. The maximum absolute atomic E-state index is 12.6. The van der Waals surface area contributed by atoms with E-state index in [4.69, 9.17) is 4.74 Å². The minimum Gasteiger partial charge on any atom is -0.445 e. The molecule has 3 aromatic rings. The Kier molecular flexibility index (Phi) is 5.94. The van der Waals surface area contributed by atoms with E-state index in [0.717, 1.165) is 10.5 Å². The van der Waals surface area contributed by atoms with Crippen molar-refractivity contribution in [2.45, 2.75) is 6.61 Å². The van der Waals surface area contributed by atoms with Crippen LogP contribution in [0.5, 0.6) is 0 Å². The van der Waals surface area contributed by atoms with Gasteiger partial charge in [-0.2, -0.15) is 0 Å². The average Bonchev–Trinajstić information content (AvgIpc) is 3.07. The van der Waals surface area contributed by atoms with Gasteiger partial charge in [-0.3, -0.25) is 14.4 Å². The van der Waals surface area contributed by atoms with Gasteiger partial charge < -0.3 is 15.4 Å². The first-order chi connectivity index (χ1) is 15.5. The summed E-state index contributed by atoms with van der Waals surface area (Å²) in [6.45, 7) is -0.207. The molecule has 0 radical (unpaired) electrons. The first-order valence-corrected chi connectivity index (χ1v) is 9.85. The first kappa shape index (κ1) is 20.8. The molecule has 1 aliphatic heterocycles. The largest absolute Gasteiger partial charge is 0.445 e. The van der Waals surface area contributed by atoms with Crippen LogP contribution in [0.4, 0.5) is 16.2 Å². The van der Waals surface area contributed by atoms with E-state index in [9.17, 15) is 19.2 Å². The van der Waals surface area contributed by atoms with E-state index in [1.54, 1.807) is 42.5 Å². The molecule has 0 aliphatic carbocycles. The van der Waals surface area contributed by atoms with E-state index in [2.05, 4.69) is 10.6 Å². The summed E-state index contributed by atoms with van der Waals surface area (Å²) in [7, 11) is 0. The normalized spacial score (nSPS) is 12.3. The maximum Gasteiger partial charge on any atom is 0.407 e. The maximum atomic E-state index is 12.6. The van der Waals surface area contributed by atoms with Crippen LogP contribution in [0.3, 0.4) is 0 Å². The second kappa shape index (κ2) is 9.13. The Labute approximate surface area is 183 Å². The highest BCUT2D eigenvalue weighted by Gasteiger charge is 2.36. The highest BCUT2D eigenvalue weighted by atomic mass is 16.5. The number of alkyl carbamates (subject to hydrolysis) is 1. The summed E-state index contributed by atoms with van der Waals surface area (Å²) >= 11 is 0. The molecule has 4 rings (SSSR count). The monoisotopic (exact) mass is 429 g/mol. The second-order valence-electron chi connectivity index (χ2n) is 7.01. The van der Waals surface area contributed by atoms with E-state index in [1.165, 1.54) is 6.07 Å². The summed E-state index contributed by atoms with van der Waals surface area (Å²) in [5.74, 6) is -1.32. The fourth-order valence-corrected chi connectivity index (χ4v) is 3.28. The van der Waals surface area contributed by atoms with Crippen LogP contribution in [0.2, 0.25) is 0 Å². The summed E-state index contributed by atoms with van der Waals surface area (Å²) in [6.07, 6.45) is -0.719. The van der Waals surface area contributed by atoms with Gasteiger partial charge in [-0.05, 0) is 35.9 Å². The Morgan fingerprint density at radius 3 is 2.16 bits per heavy atom. The predicted molar refractivity (Wildman–Crippen MR) is 117 cm³/mol. The highest BCUT2D eigenvalue weighted by molar-refractivity contribution is 6.34. The SMILES string of the molecule is O=C(CNC(=O)OCc1ccccc1)Nc1cccc(N2C(=O)c3ccccc3C2=O)c1. The third-order valence-electron chi connectivity index (χ3n) is 4.79. The van der Waals surface area contributed by atoms with Crippen molar-refractivity contribution in [1.82, 2.24) is 5.32 Å². The van der Waals surface area contributed by atoms with Crippen molar-refractivity contribution in [3.63, 3.8) is 0 Å². The van der Waals surface area contributed by atoms with Crippen molar-refractivity contribution in [3.8, 4) is 0 Å². The van der Waals surface area contributed by atoms with Gasteiger partial charge in [0.1, 0.15) is 13.2 Å². The Bertz CT molecular complexity index is 1160. The minimum absolute atomic E-state index is 0.0939. The van der Waals surface area contributed by atoms with Crippen molar-refractivity contribution >= 4 is 35.2 Å². The molecule has 1 aliphatic rings. The third-order valence-corrected chi connectivity index (χ3v) is 4.79. The molecule has 160 valence electrons. The molecule has 8 heteroatoms. The number of fused-ring (bicyclic) bond motifs is 1. The van der Waals surface area contributed by atoms with Crippen LogP contribution in [-0.4, -0.2) is 30.4 Å². The number of carbonyl (C=O) groups is 4. The first-order valence-electron chi connectivity index (χ1n) is 9.85. The molecule has 3 aromatic carbocycles. The van der Waals surface area contributed by atoms with Crippen molar-refractivity contribution in [2.24, 2.45) is 0 Å². The van der Waals surface area contributed by atoms with Gasteiger partial charge in [-0.25, -0.2) is 9.69 Å². The summed E-state index contributed by atoms with van der Waals surface area (Å²) in [5, 5.41) is 5.00. The Hall–Kier alpha value is -4.46. The van der Waals surface area contributed by atoms with E-state index in [0.29, 0.717) is 22.5 Å². The number of anilines is 2. The molecule has 0 fully saturated rings. The van der Waals surface area contributed by atoms with Gasteiger partial charge in [-0.15, -0.1) is 0 Å². The molecule has 2 N–H and O–H groups in total. The predicted octanol–water partition coefficient (Wildman–Crippen LogP) is 3.35. The Morgan fingerprint density at radius 2 is 1.47 bits per heavy atom. The lowest BCUT2D eigenvalue weighted by molar-refractivity contribution is -0.115. The molecule has 4 amide bonds. The molecular formula is C24H19N3O5. The molecule has 0 aromatic heterocycles.